The van der Waals surface area contributed by atoms with E-state index in [-0.39, 0.29) is 40.7 Å². The normalized spacial score (nSPS) is 22.1. The van der Waals surface area contributed by atoms with Crippen molar-refractivity contribution in [1.29, 1.82) is 0 Å². The Labute approximate surface area is 152 Å². The van der Waals surface area contributed by atoms with Crippen molar-refractivity contribution in [3.8, 4) is 0 Å². The van der Waals surface area contributed by atoms with Gasteiger partial charge in [-0.25, -0.2) is 0 Å². The van der Waals surface area contributed by atoms with Crippen LogP contribution >= 0.6 is 11.6 Å². The van der Waals surface area contributed by atoms with Crippen LogP contribution in [0.2, 0.25) is 0 Å². The third kappa shape index (κ3) is 3.77. The van der Waals surface area contributed by atoms with E-state index in [1.165, 1.54) is 6.08 Å². The van der Waals surface area contributed by atoms with E-state index in [0.717, 1.165) is 0 Å². The van der Waals surface area contributed by atoms with Crippen LogP contribution in [0.4, 0.5) is 0 Å². The first-order chi connectivity index (χ1) is 11.8. The molecule has 136 valence electrons. The van der Waals surface area contributed by atoms with Crippen LogP contribution in [0.15, 0.2) is 22.4 Å². The predicted octanol–water partition coefficient (Wildman–Crippen LogP) is 2.00. The molecule has 0 N–H and O–H groups in total. The third-order valence-corrected chi connectivity index (χ3v) is 5.49. The summed E-state index contributed by atoms with van der Waals surface area (Å²) in [5.41, 5.74) is -0.150. The van der Waals surface area contributed by atoms with Crippen molar-refractivity contribution in [2.24, 2.45) is 11.8 Å². The van der Waals surface area contributed by atoms with E-state index in [0.29, 0.717) is 12.8 Å². The number of rotatable bonds is 5. The smallest absolute Gasteiger partial charge is 0.218 e. The Bertz CT molecular complexity index is 794. The zero-order valence-corrected chi connectivity index (χ0v) is 15.6. The Morgan fingerprint density at radius 2 is 1.84 bits per heavy atom. The minimum absolute atomic E-state index is 0.0286. The lowest BCUT2D eigenvalue weighted by Gasteiger charge is -2.26. The monoisotopic (exact) mass is 386 g/mol. The molecular formula is C17H19ClO6S. The molecule has 0 aliphatic heterocycles. The molecule has 0 aromatic heterocycles. The molecule has 1 atom stereocenters. The lowest BCUT2D eigenvalue weighted by atomic mass is 9.79. The van der Waals surface area contributed by atoms with Crippen LogP contribution in [-0.2, 0) is 29.4 Å². The molecule has 0 bridgehead atoms. The second kappa shape index (κ2) is 8.10. The highest BCUT2D eigenvalue weighted by molar-refractivity contribution is 7.73. The summed E-state index contributed by atoms with van der Waals surface area (Å²) in [6.07, 6.45) is 2.30. The Morgan fingerprint density at radius 3 is 2.32 bits per heavy atom. The van der Waals surface area contributed by atoms with E-state index >= 15 is 0 Å². The molecule has 0 saturated heterocycles. The standard InChI is InChI=1S/C17H19ClO6S/c1-3-9-13(25(22)23)8-10(15(18)17(9)24-4-2)16(21)14-11(19)6-5-7-12(14)20/h8-9,14H,3-7H2,1-2H3. The average molecular weight is 387 g/mol. The maximum Gasteiger partial charge on any atom is 0.218 e. The van der Waals surface area contributed by atoms with Crippen molar-refractivity contribution in [2.75, 3.05) is 6.61 Å². The summed E-state index contributed by atoms with van der Waals surface area (Å²) < 4.78 is 28.7. The van der Waals surface area contributed by atoms with Crippen molar-refractivity contribution in [3.63, 3.8) is 0 Å². The minimum Gasteiger partial charge on any atom is -0.496 e. The van der Waals surface area contributed by atoms with Crippen molar-refractivity contribution in [2.45, 2.75) is 39.5 Å². The van der Waals surface area contributed by atoms with Gasteiger partial charge in [-0.15, -0.1) is 0 Å². The van der Waals surface area contributed by atoms with Crippen LogP contribution in [0.25, 0.3) is 0 Å². The fraction of sp³-hybridized carbons (Fsp3) is 0.529. The van der Waals surface area contributed by atoms with Gasteiger partial charge in [-0.2, -0.15) is 8.42 Å². The van der Waals surface area contributed by atoms with Crippen molar-refractivity contribution in [3.05, 3.63) is 22.4 Å². The number of allylic oxidation sites excluding steroid dienone is 4. The quantitative estimate of drug-likeness (QED) is 0.529. The molecule has 0 heterocycles. The Morgan fingerprint density at radius 1 is 1.24 bits per heavy atom. The van der Waals surface area contributed by atoms with Gasteiger partial charge in [0.25, 0.3) is 0 Å². The maximum atomic E-state index is 12.8. The van der Waals surface area contributed by atoms with Gasteiger partial charge < -0.3 is 4.74 Å². The van der Waals surface area contributed by atoms with Gasteiger partial charge >= 0.3 is 0 Å². The Balaban J connectivity index is 2.58. The van der Waals surface area contributed by atoms with Gasteiger partial charge in [-0.05, 0) is 25.8 Å². The van der Waals surface area contributed by atoms with Crippen LogP contribution in [0, 0.1) is 11.8 Å². The van der Waals surface area contributed by atoms with Gasteiger partial charge in [0.1, 0.15) is 11.7 Å². The van der Waals surface area contributed by atoms with E-state index < -0.39 is 39.5 Å². The summed E-state index contributed by atoms with van der Waals surface area (Å²) >= 11 is 6.31. The van der Waals surface area contributed by atoms with Gasteiger partial charge in [0.05, 0.1) is 22.4 Å². The van der Waals surface area contributed by atoms with Crippen molar-refractivity contribution in [1.82, 2.24) is 0 Å². The number of ketones is 3. The van der Waals surface area contributed by atoms with Crippen LogP contribution in [0.1, 0.15) is 39.5 Å². The molecule has 25 heavy (non-hydrogen) atoms. The maximum absolute atomic E-state index is 12.8. The van der Waals surface area contributed by atoms with E-state index in [1.807, 2.05) is 0 Å². The lowest BCUT2D eigenvalue weighted by molar-refractivity contribution is -0.140. The number of hydrogen-bond donors (Lipinski definition) is 0. The summed E-state index contributed by atoms with van der Waals surface area (Å²) in [5, 5.41) is -0.0286. The fourth-order valence-corrected chi connectivity index (χ4v) is 4.18. The van der Waals surface area contributed by atoms with Crippen molar-refractivity contribution < 1.29 is 27.5 Å². The topological polar surface area (TPSA) is 94.6 Å². The second-order valence-electron chi connectivity index (χ2n) is 5.85. The molecular weight excluding hydrogens is 368 g/mol. The van der Waals surface area contributed by atoms with Gasteiger partial charge in [0, 0.05) is 18.4 Å². The molecule has 0 aromatic carbocycles. The minimum atomic E-state index is -2.59. The molecule has 0 amide bonds. The molecule has 0 radical (unpaired) electrons. The number of ether oxygens (including phenoxy) is 1. The molecule has 2 rings (SSSR count). The molecule has 1 unspecified atom stereocenters. The molecule has 0 spiro atoms. The third-order valence-electron chi connectivity index (χ3n) is 4.32. The molecule has 6 nitrogen and oxygen atoms in total. The van der Waals surface area contributed by atoms with Gasteiger partial charge in [0.15, 0.2) is 17.3 Å². The van der Waals surface area contributed by atoms with Crippen LogP contribution in [0.5, 0.6) is 0 Å². The highest BCUT2D eigenvalue weighted by Crippen LogP contribution is 2.36. The lowest BCUT2D eigenvalue weighted by Crippen LogP contribution is -2.37. The Hall–Kier alpha value is -1.73. The first-order valence-electron chi connectivity index (χ1n) is 8.13. The zero-order valence-electron chi connectivity index (χ0n) is 14.0. The average Bonchev–Trinajstić information content (AvgIpc) is 2.55. The van der Waals surface area contributed by atoms with Crippen molar-refractivity contribution >= 4 is 44.1 Å². The molecule has 2 aliphatic rings. The summed E-state index contributed by atoms with van der Waals surface area (Å²) in [5.74, 6) is -3.47. The van der Waals surface area contributed by atoms with E-state index in [1.54, 1.807) is 13.8 Å². The van der Waals surface area contributed by atoms with Gasteiger partial charge in [-0.3, -0.25) is 14.4 Å². The number of halogens is 1. The number of hydrogen-bond acceptors (Lipinski definition) is 6. The molecule has 8 heteroatoms. The van der Waals surface area contributed by atoms with Gasteiger partial charge in [0.2, 0.25) is 10.3 Å². The first kappa shape index (κ1) is 19.6. The fourth-order valence-electron chi connectivity index (χ4n) is 3.12. The van der Waals surface area contributed by atoms with E-state index in [2.05, 4.69) is 0 Å². The van der Waals surface area contributed by atoms with Crippen LogP contribution in [-0.4, -0.2) is 37.2 Å². The SMILES string of the molecule is CCOC1=C(Cl)C(C(=O)C2C(=O)CCCC2=O)=CC(=S(=O)=O)C1CC. The molecule has 0 aromatic rings. The largest absolute Gasteiger partial charge is 0.496 e. The second-order valence-corrected chi connectivity index (χ2v) is 7.17. The van der Waals surface area contributed by atoms with Gasteiger partial charge in [-0.1, -0.05) is 18.5 Å². The Kier molecular flexibility index (Phi) is 6.35. The van der Waals surface area contributed by atoms with Crippen LogP contribution < -0.4 is 0 Å². The highest BCUT2D eigenvalue weighted by atomic mass is 35.5. The zero-order chi connectivity index (χ0) is 18.7. The number of Topliss-reactive ketones (excluding diaryl/α,β-unsaturated/α-hetero) is 3. The first-order valence-corrected chi connectivity index (χ1v) is 9.58. The summed E-state index contributed by atoms with van der Waals surface area (Å²) in [6, 6.07) is 0. The van der Waals surface area contributed by atoms with Crippen LogP contribution in [0.3, 0.4) is 0 Å². The van der Waals surface area contributed by atoms with E-state index in [9.17, 15) is 22.8 Å². The summed E-state index contributed by atoms with van der Waals surface area (Å²) in [7, 11) is -2.59. The predicted molar refractivity (Wildman–Crippen MR) is 92.7 cm³/mol. The number of carbonyl (C=O) groups is 3. The molecule has 1 saturated carbocycles. The highest BCUT2D eigenvalue weighted by Gasteiger charge is 2.41. The molecule has 2 aliphatic carbocycles. The number of carbonyl (C=O) groups excluding carboxylic acids is 3. The molecule has 1 fully saturated rings. The summed E-state index contributed by atoms with van der Waals surface area (Å²) in [4.78, 5) is 36.9. The summed E-state index contributed by atoms with van der Waals surface area (Å²) in [6.45, 7) is 3.73. The van der Waals surface area contributed by atoms with E-state index in [4.69, 9.17) is 16.3 Å².